The second-order valence-electron chi connectivity index (χ2n) is 4.26. The number of halogens is 2. The maximum Gasteiger partial charge on any atom is 0.255 e. The lowest BCUT2D eigenvalue weighted by atomic mass is 10.1. The van der Waals surface area contributed by atoms with Crippen LogP contribution in [0.4, 0.5) is 10.1 Å². The number of nitrogens with one attached hydrogen (secondary N) is 2. The molecular formula is C14H10BrFN2O. The average molecular weight is 321 g/mol. The van der Waals surface area contributed by atoms with Gasteiger partial charge < -0.3 is 10.6 Å². The fourth-order valence-corrected chi connectivity index (χ4v) is 2.48. The summed E-state index contributed by atoms with van der Waals surface area (Å²) in [6, 6.07) is 11.8. The quantitative estimate of drug-likeness (QED) is 0.845. The molecule has 1 amide bonds. The summed E-state index contributed by atoms with van der Waals surface area (Å²) in [4.78, 5) is 12.0. The van der Waals surface area contributed by atoms with Crippen LogP contribution in [0.3, 0.4) is 0 Å². The predicted octanol–water partition coefficient (Wildman–Crippen LogP) is 3.44. The maximum atomic E-state index is 13.8. The lowest BCUT2D eigenvalue weighted by Crippen LogP contribution is -2.38. The average Bonchev–Trinajstić information content (AvgIpc) is 2.41. The maximum absolute atomic E-state index is 13.8. The SMILES string of the molecule is O=C1N[C@@H](c2cc(Br)ccc2F)Nc2ccccc21. The van der Waals surface area contributed by atoms with E-state index in [4.69, 9.17) is 0 Å². The first-order valence-corrected chi connectivity index (χ1v) is 6.56. The number of amides is 1. The first-order valence-electron chi connectivity index (χ1n) is 5.76. The number of hydrogen-bond acceptors (Lipinski definition) is 2. The van der Waals surface area contributed by atoms with Crippen molar-refractivity contribution >= 4 is 27.5 Å². The summed E-state index contributed by atoms with van der Waals surface area (Å²) in [5.74, 6) is -0.570. The van der Waals surface area contributed by atoms with E-state index in [1.54, 1.807) is 30.3 Å². The topological polar surface area (TPSA) is 41.1 Å². The number of para-hydroxylation sites is 1. The van der Waals surface area contributed by atoms with Crippen molar-refractivity contribution in [1.82, 2.24) is 5.32 Å². The summed E-state index contributed by atoms with van der Waals surface area (Å²) in [6.45, 7) is 0. The van der Waals surface area contributed by atoms with Crippen molar-refractivity contribution in [3.63, 3.8) is 0 Å². The Morgan fingerprint density at radius 2 is 1.89 bits per heavy atom. The predicted molar refractivity (Wildman–Crippen MR) is 74.4 cm³/mol. The van der Waals surface area contributed by atoms with Gasteiger partial charge in [-0.15, -0.1) is 0 Å². The molecule has 1 atom stereocenters. The molecular weight excluding hydrogens is 311 g/mol. The summed E-state index contributed by atoms with van der Waals surface area (Å²) in [5.41, 5.74) is 1.67. The highest BCUT2D eigenvalue weighted by molar-refractivity contribution is 9.10. The molecule has 2 aromatic rings. The Hall–Kier alpha value is -1.88. The molecule has 3 rings (SSSR count). The Morgan fingerprint density at radius 3 is 2.74 bits per heavy atom. The van der Waals surface area contributed by atoms with Crippen molar-refractivity contribution in [3.8, 4) is 0 Å². The highest BCUT2D eigenvalue weighted by Gasteiger charge is 2.26. The number of rotatable bonds is 1. The fraction of sp³-hybridized carbons (Fsp3) is 0.0714. The van der Waals surface area contributed by atoms with Crippen molar-refractivity contribution in [1.29, 1.82) is 0 Å². The van der Waals surface area contributed by atoms with Crippen molar-refractivity contribution < 1.29 is 9.18 Å². The molecule has 0 aromatic heterocycles. The fourth-order valence-electron chi connectivity index (χ4n) is 2.10. The number of anilines is 1. The van der Waals surface area contributed by atoms with Crippen LogP contribution >= 0.6 is 15.9 Å². The summed E-state index contributed by atoms with van der Waals surface area (Å²) in [7, 11) is 0. The van der Waals surface area contributed by atoms with E-state index in [1.165, 1.54) is 6.07 Å². The van der Waals surface area contributed by atoms with Gasteiger partial charge in [0.1, 0.15) is 12.0 Å². The molecule has 2 aromatic carbocycles. The smallest absolute Gasteiger partial charge is 0.255 e. The van der Waals surface area contributed by atoms with E-state index in [2.05, 4.69) is 26.6 Å². The van der Waals surface area contributed by atoms with Crippen LogP contribution in [0.1, 0.15) is 22.1 Å². The highest BCUT2D eigenvalue weighted by atomic mass is 79.9. The molecule has 19 heavy (non-hydrogen) atoms. The first kappa shape index (κ1) is 12.2. The Kier molecular flexibility index (Phi) is 2.98. The number of carbonyl (C=O) groups is 1. The summed E-state index contributed by atoms with van der Waals surface area (Å²) in [6.07, 6.45) is -0.570. The molecule has 1 aliphatic heterocycles. The molecule has 0 aliphatic carbocycles. The molecule has 0 bridgehead atoms. The molecule has 0 radical (unpaired) electrons. The largest absolute Gasteiger partial charge is 0.361 e. The van der Waals surface area contributed by atoms with Crippen LogP contribution in [0.25, 0.3) is 0 Å². The summed E-state index contributed by atoms with van der Waals surface area (Å²) >= 11 is 3.30. The van der Waals surface area contributed by atoms with Crippen LogP contribution < -0.4 is 10.6 Å². The third-order valence-corrected chi connectivity index (χ3v) is 3.51. The Balaban J connectivity index is 2.01. The third kappa shape index (κ3) is 2.21. The van der Waals surface area contributed by atoms with Gasteiger partial charge in [-0.3, -0.25) is 4.79 Å². The van der Waals surface area contributed by atoms with Crippen LogP contribution in [0.2, 0.25) is 0 Å². The van der Waals surface area contributed by atoms with E-state index in [1.807, 2.05) is 6.07 Å². The van der Waals surface area contributed by atoms with Crippen LogP contribution in [0.15, 0.2) is 46.9 Å². The number of hydrogen-bond donors (Lipinski definition) is 2. The van der Waals surface area contributed by atoms with Gasteiger partial charge in [0.15, 0.2) is 0 Å². The van der Waals surface area contributed by atoms with Crippen molar-refractivity contribution in [3.05, 3.63) is 63.9 Å². The molecule has 0 saturated heterocycles. The monoisotopic (exact) mass is 320 g/mol. The van der Waals surface area contributed by atoms with E-state index in [-0.39, 0.29) is 11.7 Å². The second-order valence-corrected chi connectivity index (χ2v) is 5.18. The van der Waals surface area contributed by atoms with E-state index in [0.717, 1.165) is 4.47 Å². The standard InChI is InChI=1S/C14H10BrFN2O/c15-8-5-6-11(16)10(7-8)13-17-12-4-2-1-3-9(12)14(19)18-13/h1-7,13,17H,(H,18,19)/t13-/m0/s1. The second kappa shape index (κ2) is 4.66. The minimum atomic E-state index is -0.570. The molecule has 5 heteroatoms. The highest BCUT2D eigenvalue weighted by Crippen LogP contribution is 2.28. The first-order chi connectivity index (χ1) is 9.15. The van der Waals surface area contributed by atoms with Gasteiger partial charge in [-0.1, -0.05) is 28.1 Å². The lowest BCUT2D eigenvalue weighted by molar-refractivity contribution is 0.0935. The van der Waals surface area contributed by atoms with Gasteiger partial charge in [0.2, 0.25) is 0 Å². The molecule has 0 fully saturated rings. The van der Waals surface area contributed by atoms with Crippen molar-refractivity contribution in [2.75, 3.05) is 5.32 Å². The zero-order valence-corrected chi connectivity index (χ0v) is 11.4. The Labute approximate surface area is 118 Å². The van der Waals surface area contributed by atoms with Gasteiger partial charge in [-0.2, -0.15) is 0 Å². The van der Waals surface area contributed by atoms with Crippen LogP contribution in [0.5, 0.6) is 0 Å². The number of benzene rings is 2. The summed E-state index contributed by atoms with van der Waals surface area (Å²) in [5, 5.41) is 5.86. The van der Waals surface area contributed by atoms with Crippen molar-refractivity contribution in [2.24, 2.45) is 0 Å². The molecule has 0 spiro atoms. The molecule has 1 aliphatic rings. The minimum Gasteiger partial charge on any atom is -0.361 e. The van der Waals surface area contributed by atoms with Gasteiger partial charge in [0, 0.05) is 15.7 Å². The van der Waals surface area contributed by atoms with Crippen LogP contribution in [-0.4, -0.2) is 5.91 Å². The molecule has 2 N–H and O–H groups in total. The van der Waals surface area contributed by atoms with E-state index >= 15 is 0 Å². The number of carbonyl (C=O) groups excluding carboxylic acids is 1. The third-order valence-electron chi connectivity index (χ3n) is 3.02. The molecule has 0 saturated carbocycles. The van der Waals surface area contributed by atoms with Gasteiger partial charge in [-0.05, 0) is 30.3 Å². The zero-order valence-electron chi connectivity index (χ0n) is 9.78. The van der Waals surface area contributed by atoms with Gasteiger partial charge in [-0.25, -0.2) is 4.39 Å². The van der Waals surface area contributed by atoms with Crippen LogP contribution in [-0.2, 0) is 0 Å². The summed E-state index contributed by atoms with van der Waals surface area (Å²) < 4.78 is 14.6. The van der Waals surface area contributed by atoms with Crippen molar-refractivity contribution in [2.45, 2.75) is 6.17 Å². The zero-order chi connectivity index (χ0) is 13.4. The van der Waals surface area contributed by atoms with Crippen LogP contribution in [0, 0.1) is 5.82 Å². The van der Waals surface area contributed by atoms with Gasteiger partial charge in [0.25, 0.3) is 5.91 Å². The molecule has 1 heterocycles. The minimum absolute atomic E-state index is 0.210. The molecule has 96 valence electrons. The van der Waals surface area contributed by atoms with E-state index < -0.39 is 6.17 Å². The Morgan fingerprint density at radius 1 is 1.11 bits per heavy atom. The van der Waals surface area contributed by atoms with Gasteiger partial charge >= 0.3 is 0 Å². The normalized spacial score (nSPS) is 17.4. The van der Waals surface area contributed by atoms with E-state index in [9.17, 15) is 9.18 Å². The molecule has 3 nitrogen and oxygen atoms in total. The van der Waals surface area contributed by atoms with Gasteiger partial charge in [0.05, 0.1) is 5.56 Å². The lowest BCUT2D eigenvalue weighted by Gasteiger charge is -2.28. The molecule has 0 unspecified atom stereocenters. The number of fused-ring (bicyclic) bond motifs is 1. The van der Waals surface area contributed by atoms with E-state index in [0.29, 0.717) is 16.8 Å². The Bertz CT molecular complexity index is 660.